The normalized spacial score (nSPS) is 17.8. The Kier molecular flexibility index (Phi) is 5.31. The highest BCUT2D eigenvalue weighted by atomic mass is 19.1. The number of β-amino-alcohol motifs (C(OH)–C–C–N with tert-alkyl or cyclic N) is 1. The molecule has 1 aromatic carbocycles. The first-order valence-corrected chi connectivity index (χ1v) is 11.4. The topological polar surface area (TPSA) is 104 Å². The van der Waals surface area contributed by atoms with Crippen LogP contribution in [0.3, 0.4) is 0 Å². The number of hydrogen-bond acceptors (Lipinski definition) is 7. The average molecular weight is 474 g/mol. The molecule has 1 fully saturated rings. The van der Waals surface area contributed by atoms with Gasteiger partial charge in [0.25, 0.3) is 5.91 Å². The Morgan fingerprint density at radius 2 is 2.09 bits per heavy atom. The monoisotopic (exact) mass is 474 g/mol. The molecule has 178 valence electrons. The number of rotatable bonds is 4. The number of halogens is 1. The number of nitrogens with one attached hydrogen (secondary N) is 2. The SMILES string of the molecule is O=C1NCc2c(-c3cnc4cc(F)ccn34)ccc(Nc3ccc(N4CCOC[C@H](O)C4)cn3)c21. The Morgan fingerprint density at radius 3 is 2.94 bits per heavy atom. The van der Waals surface area contributed by atoms with Crippen LogP contribution >= 0.6 is 0 Å². The number of aromatic nitrogens is 3. The van der Waals surface area contributed by atoms with Crippen molar-refractivity contribution in [3.05, 3.63) is 71.9 Å². The minimum atomic E-state index is -0.540. The highest BCUT2D eigenvalue weighted by Gasteiger charge is 2.27. The second-order valence-corrected chi connectivity index (χ2v) is 8.61. The number of carbonyl (C=O) groups is 1. The van der Waals surface area contributed by atoms with E-state index in [0.29, 0.717) is 55.6 Å². The predicted molar refractivity (Wildman–Crippen MR) is 128 cm³/mol. The van der Waals surface area contributed by atoms with Crippen LogP contribution in [0.4, 0.5) is 21.6 Å². The first-order valence-electron chi connectivity index (χ1n) is 11.4. The fourth-order valence-electron chi connectivity index (χ4n) is 4.66. The molecule has 35 heavy (non-hydrogen) atoms. The summed E-state index contributed by atoms with van der Waals surface area (Å²) in [4.78, 5) is 23.6. The van der Waals surface area contributed by atoms with Crippen LogP contribution in [0.25, 0.3) is 16.9 Å². The van der Waals surface area contributed by atoms with Gasteiger partial charge >= 0.3 is 0 Å². The number of imidazole rings is 1. The minimum absolute atomic E-state index is 0.167. The second-order valence-electron chi connectivity index (χ2n) is 8.61. The Bertz CT molecular complexity index is 1420. The molecule has 10 heteroatoms. The first kappa shape index (κ1) is 21.5. The van der Waals surface area contributed by atoms with E-state index in [1.165, 1.54) is 12.1 Å². The quantitative estimate of drug-likeness (QED) is 0.418. The predicted octanol–water partition coefficient (Wildman–Crippen LogP) is 2.72. The smallest absolute Gasteiger partial charge is 0.254 e. The molecule has 5 heterocycles. The molecule has 0 spiro atoms. The number of hydrogen-bond donors (Lipinski definition) is 3. The van der Waals surface area contributed by atoms with Gasteiger partial charge in [-0.25, -0.2) is 14.4 Å². The van der Waals surface area contributed by atoms with E-state index in [1.54, 1.807) is 23.0 Å². The lowest BCUT2D eigenvalue weighted by atomic mass is 9.99. The molecule has 6 rings (SSSR count). The molecular weight excluding hydrogens is 451 g/mol. The Morgan fingerprint density at radius 1 is 1.17 bits per heavy atom. The largest absolute Gasteiger partial charge is 0.389 e. The lowest BCUT2D eigenvalue weighted by molar-refractivity contribution is 0.0597. The molecule has 1 saturated heterocycles. The lowest BCUT2D eigenvalue weighted by Gasteiger charge is -2.23. The van der Waals surface area contributed by atoms with Crippen molar-refractivity contribution >= 4 is 28.7 Å². The summed E-state index contributed by atoms with van der Waals surface area (Å²) in [7, 11) is 0. The molecule has 2 aliphatic heterocycles. The third-order valence-electron chi connectivity index (χ3n) is 6.34. The highest BCUT2D eigenvalue weighted by molar-refractivity contribution is 6.06. The standard InChI is InChI=1S/C25H23FN6O3/c26-15-5-6-32-21(12-28-23(32)9-15)18-2-3-20(24-19(18)11-29-25(24)34)30-22-4-1-16(10-27-22)31-7-8-35-14-17(33)13-31/h1-6,9-10,12,17,33H,7-8,11,13-14H2,(H,27,30)(H,29,34)/t17-/m1/s1. The van der Waals surface area contributed by atoms with Crippen molar-refractivity contribution in [1.29, 1.82) is 0 Å². The van der Waals surface area contributed by atoms with Crippen LogP contribution < -0.4 is 15.5 Å². The number of ether oxygens (including phenoxy) is 1. The molecule has 4 aromatic rings. The molecule has 1 atom stereocenters. The zero-order chi connectivity index (χ0) is 23.9. The van der Waals surface area contributed by atoms with Crippen LogP contribution in [-0.2, 0) is 11.3 Å². The van der Waals surface area contributed by atoms with Crippen molar-refractivity contribution in [2.45, 2.75) is 12.6 Å². The van der Waals surface area contributed by atoms with Gasteiger partial charge in [0.2, 0.25) is 0 Å². The molecule has 2 aliphatic rings. The van der Waals surface area contributed by atoms with Gasteiger partial charge in [0.1, 0.15) is 17.3 Å². The van der Waals surface area contributed by atoms with Gasteiger partial charge in [0.05, 0.1) is 54.3 Å². The maximum absolute atomic E-state index is 13.6. The van der Waals surface area contributed by atoms with Gasteiger partial charge in [0.15, 0.2) is 0 Å². The van der Waals surface area contributed by atoms with Crippen LogP contribution in [0.2, 0.25) is 0 Å². The van der Waals surface area contributed by atoms with Crippen molar-refractivity contribution in [3.63, 3.8) is 0 Å². The fraction of sp³-hybridized carbons (Fsp3) is 0.240. The van der Waals surface area contributed by atoms with Crippen LogP contribution in [0.15, 0.2) is 55.0 Å². The Labute approximate surface area is 200 Å². The number of aliphatic hydroxyl groups is 1. The van der Waals surface area contributed by atoms with E-state index in [4.69, 9.17) is 4.74 Å². The van der Waals surface area contributed by atoms with Crippen LogP contribution in [0.5, 0.6) is 0 Å². The number of pyridine rings is 2. The lowest BCUT2D eigenvalue weighted by Crippen LogP contribution is -2.32. The third kappa shape index (κ3) is 3.96. The molecule has 0 aliphatic carbocycles. The highest BCUT2D eigenvalue weighted by Crippen LogP contribution is 2.35. The number of benzene rings is 1. The number of nitrogens with zero attached hydrogens (tertiary/aromatic N) is 4. The maximum Gasteiger partial charge on any atom is 0.254 e. The zero-order valence-electron chi connectivity index (χ0n) is 18.7. The maximum atomic E-state index is 13.6. The van der Waals surface area contributed by atoms with E-state index in [9.17, 15) is 14.3 Å². The summed E-state index contributed by atoms with van der Waals surface area (Å²) >= 11 is 0. The second kappa shape index (κ2) is 8.64. The van der Waals surface area contributed by atoms with E-state index in [0.717, 1.165) is 22.5 Å². The van der Waals surface area contributed by atoms with Gasteiger partial charge < -0.3 is 25.4 Å². The Hall–Kier alpha value is -4.02. The zero-order valence-corrected chi connectivity index (χ0v) is 18.7. The van der Waals surface area contributed by atoms with E-state index >= 15 is 0 Å². The van der Waals surface area contributed by atoms with Gasteiger partial charge in [0, 0.05) is 37.5 Å². The summed E-state index contributed by atoms with van der Waals surface area (Å²) in [5.74, 6) is 0.0785. The van der Waals surface area contributed by atoms with Crippen molar-refractivity contribution in [1.82, 2.24) is 19.7 Å². The molecule has 0 unspecified atom stereocenters. The molecule has 0 bridgehead atoms. The van der Waals surface area contributed by atoms with Gasteiger partial charge in [-0.3, -0.25) is 9.20 Å². The van der Waals surface area contributed by atoms with Crippen molar-refractivity contribution in [2.75, 3.05) is 36.5 Å². The molecule has 1 amide bonds. The number of fused-ring (bicyclic) bond motifs is 2. The summed E-state index contributed by atoms with van der Waals surface area (Å²) < 4.78 is 20.8. The van der Waals surface area contributed by atoms with Gasteiger partial charge in [-0.1, -0.05) is 6.07 Å². The average Bonchev–Trinajstić information content (AvgIpc) is 3.38. The number of carbonyl (C=O) groups excluding carboxylic acids is 1. The summed E-state index contributed by atoms with van der Waals surface area (Å²) in [5, 5.41) is 16.2. The van der Waals surface area contributed by atoms with E-state index in [2.05, 4.69) is 20.6 Å². The van der Waals surface area contributed by atoms with Crippen LogP contribution in [-0.4, -0.2) is 57.8 Å². The summed E-state index contributed by atoms with van der Waals surface area (Å²) in [6, 6.07) is 10.3. The number of amides is 1. The first-order chi connectivity index (χ1) is 17.1. The third-order valence-corrected chi connectivity index (χ3v) is 6.34. The molecule has 0 saturated carbocycles. The number of aliphatic hydroxyl groups excluding tert-OH is 1. The minimum Gasteiger partial charge on any atom is -0.389 e. The number of anilines is 3. The van der Waals surface area contributed by atoms with Gasteiger partial charge in [-0.05, 0) is 29.8 Å². The summed E-state index contributed by atoms with van der Waals surface area (Å²) in [5.41, 5.74) is 5.08. The van der Waals surface area contributed by atoms with Crippen molar-refractivity contribution in [2.24, 2.45) is 0 Å². The Balaban J connectivity index is 1.30. The van der Waals surface area contributed by atoms with Crippen LogP contribution in [0.1, 0.15) is 15.9 Å². The van der Waals surface area contributed by atoms with E-state index in [1.807, 2.05) is 29.2 Å². The molecule has 3 aromatic heterocycles. The molecule has 0 radical (unpaired) electrons. The van der Waals surface area contributed by atoms with Crippen LogP contribution in [0, 0.1) is 5.82 Å². The van der Waals surface area contributed by atoms with Gasteiger partial charge in [-0.2, -0.15) is 0 Å². The molecular formula is C25H23FN6O3. The molecule has 9 nitrogen and oxygen atoms in total. The van der Waals surface area contributed by atoms with Crippen molar-refractivity contribution in [3.8, 4) is 11.3 Å². The fourth-order valence-corrected chi connectivity index (χ4v) is 4.66. The summed E-state index contributed by atoms with van der Waals surface area (Å²) in [6.07, 6.45) is 4.52. The van der Waals surface area contributed by atoms with E-state index in [-0.39, 0.29) is 11.7 Å². The summed E-state index contributed by atoms with van der Waals surface area (Å²) in [6.45, 7) is 2.43. The van der Waals surface area contributed by atoms with Gasteiger partial charge in [-0.15, -0.1) is 0 Å². The van der Waals surface area contributed by atoms with Crippen molar-refractivity contribution < 1.29 is 19.0 Å². The molecule has 3 N–H and O–H groups in total. The van der Waals surface area contributed by atoms with E-state index < -0.39 is 6.10 Å².